The number of nitrogens with two attached hydrogens (primary N) is 1. The van der Waals surface area contributed by atoms with Crippen LogP contribution >= 0.6 is 15.9 Å². The van der Waals surface area contributed by atoms with E-state index in [0.29, 0.717) is 18.0 Å². The number of hydrogen-bond acceptors (Lipinski definition) is 4. The minimum absolute atomic E-state index is 0.0817. The standard InChI is InChI=1S/C12H16BrN3O2/c13-9-5-10(11(14)15-6-9)12(18)16-3-1-8(7-16)2-4-17/h5-6,8,17H,1-4,7H2,(H2,14,15). The van der Waals surface area contributed by atoms with Crippen LogP contribution in [0.2, 0.25) is 0 Å². The molecule has 3 N–H and O–H groups in total. The quantitative estimate of drug-likeness (QED) is 0.880. The number of pyridine rings is 1. The summed E-state index contributed by atoms with van der Waals surface area (Å²) in [4.78, 5) is 18.0. The molecule has 0 aliphatic carbocycles. The van der Waals surface area contributed by atoms with E-state index in [1.54, 1.807) is 17.2 Å². The largest absolute Gasteiger partial charge is 0.396 e. The van der Waals surface area contributed by atoms with Crippen LogP contribution in [0.25, 0.3) is 0 Å². The summed E-state index contributed by atoms with van der Waals surface area (Å²) in [7, 11) is 0. The SMILES string of the molecule is Nc1ncc(Br)cc1C(=O)N1CCC(CCO)C1. The number of nitrogens with zero attached hydrogens (tertiary/aromatic N) is 2. The number of aromatic nitrogens is 1. The summed E-state index contributed by atoms with van der Waals surface area (Å²) in [6, 6.07) is 1.70. The van der Waals surface area contributed by atoms with Crippen molar-refractivity contribution in [2.45, 2.75) is 12.8 Å². The molecular weight excluding hydrogens is 298 g/mol. The highest BCUT2D eigenvalue weighted by molar-refractivity contribution is 9.10. The topological polar surface area (TPSA) is 79.5 Å². The van der Waals surface area contributed by atoms with Gasteiger partial charge in [-0.25, -0.2) is 4.98 Å². The van der Waals surface area contributed by atoms with Gasteiger partial charge in [0.15, 0.2) is 0 Å². The van der Waals surface area contributed by atoms with Crippen molar-refractivity contribution in [1.82, 2.24) is 9.88 Å². The maximum Gasteiger partial charge on any atom is 0.257 e. The number of likely N-dealkylation sites (tertiary alicyclic amines) is 1. The van der Waals surface area contributed by atoms with Crippen molar-refractivity contribution in [3.63, 3.8) is 0 Å². The predicted molar refractivity (Wildman–Crippen MR) is 72.1 cm³/mol. The highest BCUT2D eigenvalue weighted by Crippen LogP contribution is 2.23. The highest BCUT2D eigenvalue weighted by atomic mass is 79.9. The summed E-state index contributed by atoms with van der Waals surface area (Å²) >= 11 is 3.29. The number of halogens is 1. The second kappa shape index (κ2) is 5.67. The van der Waals surface area contributed by atoms with E-state index in [1.807, 2.05) is 0 Å². The van der Waals surface area contributed by atoms with E-state index in [4.69, 9.17) is 10.8 Å². The van der Waals surface area contributed by atoms with Crippen molar-refractivity contribution in [3.05, 3.63) is 22.3 Å². The summed E-state index contributed by atoms with van der Waals surface area (Å²) < 4.78 is 0.742. The average molecular weight is 314 g/mol. The number of aliphatic hydroxyl groups is 1. The summed E-state index contributed by atoms with van der Waals surface area (Å²) in [6.45, 7) is 1.58. The Balaban J connectivity index is 2.10. The molecule has 0 spiro atoms. The van der Waals surface area contributed by atoms with Gasteiger partial charge in [-0.2, -0.15) is 0 Å². The van der Waals surface area contributed by atoms with Gasteiger partial charge in [-0.1, -0.05) is 0 Å². The van der Waals surface area contributed by atoms with Crippen molar-refractivity contribution >= 4 is 27.7 Å². The van der Waals surface area contributed by atoms with Crippen LogP contribution in [-0.2, 0) is 0 Å². The molecular formula is C12H16BrN3O2. The number of carbonyl (C=O) groups is 1. The maximum atomic E-state index is 12.3. The first kappa shape index (κ1) is 13.3. The fourth-order valence-corrected chi connectivity index (χ4v) is 2.56. The van der Waals surface area contributed by atoms with Crippen LogP contribution in [0.15, 0.2) is 16.7 Å². The van der Waals surface area contributed by atoms with Crippen molar-refractivity contribution in [3.8, 4) is 0 Å². The van der Waals surface area contributed by atoms with Crippen LogP contribution in [0, 0.1) is 5.92 Å². The van der Waals surface area contributed by atoms with E-state index in [1.165, 1.54) is 0 Å². The van der Waals surface area contributed by atoms with Gasteiger partial charge < -0.3 is 15.7 Å². The molecule has 6 heteroatoms. The normalized spacial score (nSPS) is 19.2. The van der Waals surface area contributed by atoms with Gasteiger partial charge >= 0.3 is 0 Å². The monoisotopic (exact) mass is 313 g/mol. The number of carbonyl (C=O) groups excluding carboxylic acids is 1. The van der Waals surface area contributed by atoms with Crippen LogP contribution < -0.4 is 5.73 Å². The maximum absolute atomic E-state index is 12.3. The third-order valence-corrected chi connectivity index (χ3v) is 3.66. The van der Waals surface area contributed by atoms with Crippen LogP contribution in [0.3, 0.4) is 0 Å². The Bertz CT molecular complexity index is 453. The van der Waals surface area contributed by atoms with Crippen LogP contribution in [0.4, 0.5) is 5.82 Å². The van der Waals surface area contributed by atoms with Crippen molar-refractivity contribution < 1.29 is 9.90 Å². The van der Waals surface area contributed by atoms with E-state index in [-0.39, 0.29) is 18.3 Å². The Kier molecular flexibility index (Phi) is 4.19. The number of anilines is 1. The molecule has 0 aromatic carbocycles. The van der Waals surface area contributed by atoms with E-state index in [0.717, 1.165) is 23.9 Å². The molecule has 98 valence electrons. The first-order chi connectivity index (χ1) is 8.61. The molecule has 1 fully saturated rings. The van der Waals surface area contributed by atoms with Crippen LogP contribution in [0.5, 0.6) is 0 Å². The number of amides is 1. The molecule has 0 radical (unpaired) electrons. The lowest BCUT2D eigenvalue weighted by Crippen LogP contribution is -2.29. The Labute approximate surface area is 114 Å². The van der Waals surface area contributed by atoms with Gasteiger partial charge in [-0.3, -0.25) is 4.79 Å². The molecule has 1 aliphatic rings. The first-order valence-electron chi connectivity index (χ1n) is 5.93. The van der Waals surface area contributed by atoms with Crippen molar-refractivity contribution in [1.29, 1.82) is 0 Å². The van der Waals surface area contributed by atoms with Gasteiger partial charge in [0.25, 0.3) is 5.91 Å². The Morgan fingerprint density at radius 3 is 3.17 bits per heavy atom. The molecule has 1 amide bonds. The summed E-state index contributed by atoms with van der Waals surface area (Å²) in [5.41, 5.74) is 6.17. The van der Waals surface area contributed by atoms with Gasteiger partial charge in [0.1, 0.15) is 5.82 Å². The second-order valence-corrected chi connectivity index (χ2v) is 5.42. The Morgan fingerprint density at radius 1 is 1.67 bits per heavy atom. The zero-order valence-electron chi connectivity index (χ0n) is 9.97. The lowest BCUT2D eigenvalue weighted by molar-refractivity contribution is 0.0785. The molecule has 1 atom stereocenters. The van der Waals surface area contributed by atoms with Gasteiger partial charge in [0.2, 0.25) is 0 Å². The van der Waals surface area contributed by atoms with E-state index in [9.17, 15) is 4.79 Å². The Morgan fingerprint density at radius 2 is 2.44 bits per heavy atom. The van der Waals surface area contributed by atoms with Gasteiger partial charge in [-0.15, -0.1) is 0 Å². The van der Waals surface area contributed by atoms with Crippen molar-refractivity contribution in [2.75, 3.05) is 25.4 Å². The minimum Gasteiger partial charge on any atom is -0.396 e. The molecule has 1 aromatic rings. The summed E-state index contributed by atoms with van der Waals surface area (Å²) in [5, 5.41) is 8.91. The molecule has 18 heavy (non-hydrogen) atoms. The molecule has 5 nitrogen and oxygen atoms in total. The highest BCUT2D eigenvalue weighted by Gasteiger charge is 2.27. The van der Waals surface area contributed by atoms with E-state index < -0.39 is 0 Å². The van der Waals surface area contributed by atoms with Gasteiger partial charge in [-0.05, 0) is 40.8 Å². The average Bonchev–Trinajstić information content (AvgIpc) is 2.80. The minimum atomic E-state index is -0.0817. The first-order valence-corrected chi connectivity index (χ1v) is 6.72. The molecule has 1 aliphatic heterocycles. The smallest absolute Gasteiger partial charge is 0.257 e. The predicted octanol–water partition coefficient (Wildman–Crippen LogP) is 1.27. The zero-order chi connectivity index (χ0) is 13.1. The van der Waals surface area contributed by atoms with Crippen LogP contribution in [-0.4, -0.2) is 40.6 Å². The molecule has 2 rings (SSSR count). The molecule has 1 unspecified atom stereocenters. The Hall–Kier alpha value is -1.14. The molecule has 2 heterocycles. The number of aliphatic hydroxyl groups excluding tert-OH is 1. The molecule has 1 aromatic heterocycles. The third kappa shape index (κ3) is 2.81. The number of hydrogen-bond donors (Lipinski definition) is 2. The fraction of sp³-hybridized carbons (Fsp3) is 0.500. The summed E-state index contributed by atoms with van der Waals surface area (Å²) in [6.07, 6.45) is 3.26. The molecule has 1 saturated heterocycles. The fourth-order valence-electron chi connectivity index (χ4n) is 2.23. The lowest BCUT2D eigenvalue weighted by atomic mass is 10.1. The van der Waals surface area contributed by atoms with Crippen LogP contribution in [0.1, 0.15) is 23.2 Å². The lowest BCUT2D eigenvalue weighted by Gasteiger charge is -2.17. The number of rotatable bonds is 3. The van der Waals surface area contributed by atoms with Gasteiger partial charge in [0, 0.05) is 30.4 Å². The van der Waals surface area contributed by atoms with E-state index in [2.05, 4.69) is 20.9 Å². The van der Waals surface area contributed by atoms with E-state index >= 15 is 0 Å². The molecule has 0 bridgehead atoms. The number of nitrogen functional groups attached to an aromatic ring is 1. The molecule has 0 saturated carbocycles. The summed E-state index contributed by atoms with van der Waals surface area (Å²) in [5.74, 6) is 0.566. The zero-order valence-corrected chi connectivity index (χ0v) is 11.6. The third-order valence-electron chi connectivity index (χ3n) is 3.23. The van der Waals surface area contributed by atoms with Gasteiger partial charge in [0.05, 0.1) is 5.56 Å². The second-order valence-electron chi connectivity index (χ2n) is 4.50. The van der Waals surface area contributed by atoms with Crippen molar-refractivity contribution in [2.24, 2.45) is 5.92 Å².